The summed E-state index contributed by atoms with van der Waals surface area (Å²) in [6.07, 6.45) is 13.7. The molecule has 1 aliphatic rings. The van der Waals surface area contributed by atoms with E-state index in [1.807, 2.05) is 0 Å². The van der Waals surface area contributed by atoms with Gasteiger partial charge in [-0.1, -0.05) is 77.6 Å². The molecule has 1 aliphatic heterocycles. The minimum atomic E-state index is 0.992. The first-order chi connectivity index (χ1) is 18.1. The normalized spacial score (nSPS) is 13.4. The van der Waals surface area contributed by atoms with Gasteiger partial charge in [0, 0.05) is 22.3 Å². The summed E-state index contributed by atoms with van der Waals surface area (Å²) in [6.45, 7) is 8.98. The molecule has 0 aromatic heterocycles. The second-order valence-corrected chi connectivity index (χ2v) is 11.1. The van der Waals surface area contributed by atoms with Gasteiger partial charge in [0.1, 0.15) is 0 Å². The Labute approximate surface area is 234 Å². The zero-order valence-electron chi connectivity index (χ0n) is 24.3. The van der Waals surface area contributed by atoms with Gasteiger partial charge in [-0.2, -0.15) is 0 Å². The Balaban J connectivity index is 0.00000153. The summed E-state index contributed by atoms with van der Waals surface area (Å²) in [5, 5.41) is 0. The first-order valence-electron chi connectivity index (χ1n) is 14.4. The molecule has 0 saturated carbocycles. The molecule has 1 heterocycles. The molecule has 0 radical (unpaired) electrons. The summed E-state index contributed by atoms with van der Waals surface area (Å²) < 4.78 is 1.51. The molecule has 0 aliphatic carbocycles. The van der Waals surface area contributed by atoms with Crippen LogP contribution in [-0.4, -0.2) is 4.70 Å². The standard InChI is InChI=1S/C32H44N2.2CH3.Ni/c1-5-9-13-25-17-21-27(22-18-25)31-29(15-11-7-3)30(16-12-8-4)32(34(31)33)28-23-19-26(20-24-28)14-10-6-2;;;/h17-24H,5-16H2,1-4H3;2*1H3;. The zero-order chi connectivity index (χ0) is 27.0. The van der Waals surface area contributed by atoms with Gasteiger partial charge < -0.3 is 5.53 Å². The number of hydrogen-bond donors (Lipinski definition) is 0. The Bertz CT molecular complexity index is 931. The van der Waals surface area contributed by atoms with Crippen LogP contribution in [-0.2, 0) is 27.3 Å². The fraction of sp³-hybridized carbons (Fsp3) is 0.529. The van der Waals surface area contributed by atoms with E-state index in [4.69, 9.17) is 0 Å². The van der Waals surface area contributed by atoms with Crippen molar-refractivity contribution in [3.05, 3.63) is 87.5 Å². The molecule has 0 fully saturated rings. The first-order valence-corrected chi connectivity index (χ1v) is 16.4. The van der Waals surface area contributed by atoms with Gasteiger partial charge in [-0.05, 0) is 86.8 Å². The topological polar surface area (TPSA) is 25.3 Å². The van der Waals surface area contributed by atoms with Gasteiger partial charge in [0.2, 0.25) is 11.4 Å². The Morgan fingerprint density at radius 1 is 0.541 bits per heavy atom. The van der Waals surface area contributed by atoms with Crippen molar-refractivity contribution in [1.29, 1.82) is 0 Å². The molecular weight excluding hydrogens is 495 g/mol. The van der Waals surface area contributed by atoms with E-state index in [0.717, 1.165) is 73.9 Å². The second kappa shape index (κ2) is 17.5. The number of allylic oxidation sites excluding steroid dienone is 2. The van der Waals surface area contributed by atoms with Crippen LogP contribution in [0.15, 0.2) is 59.7 Å². The van der Waals surface area contributed by atoms with E-state index < -0.39 is 0 Å². The van der Waals surface area contributed by atoms with Crippen molar-refractivity contribution in [3.8, 4) is 0 Å². The van der Waals surface area contributed by atoms with E-state index in [-0.39, 0.29) is 0 Å². The monoisotopic (exact) mass is 544 g/mol. The van der Waals surface area contributed by atoms with Crippen molar-refractivity contribution in [2.75, 3.05) is 0 Å². The summed E-state index contributed by atoms with van der Waals surface area (Å²) in [4.78, 5) is 0. The molecule has 0 spiro atoms. The molecule has 2 aromatic carbocycles. The molecule has 0 N–H and O–H groups in total. The van der Waals surface area contributed by atoms with E-state index >= 15 is 0 Å². The molecule has 37 heavy (non-hydrogen) atoms. The van der Waals surface area contributed by atoms with Crippen LogP contribution < -0.4 is 0 Å². The number of unbranched alkanes of at least 4 members (excludes halogenated alkanes) is 4. The van der Waals surface area contributed by atoms with Crippen molar-refractivity contribution in [1.82, 2.24) is 0 Å². The fourth-order valence-electron chi connectivity index (χ4n) is 4.91. The van der Waals surface area contributed by atoms with Gasteiger partial charge in [0.25, 0.3) is 0 Å². The Morgan fingerprint density at radius 3 is 1.14 bits per heavy atom. The Morgan fingerprint density at radius 2 is 0.838 bits per heavy atom. The van der Waals surface area contributed by atoms with E-state index in [1.54, 1.807) is 14.4 Å². The van der Waals surface area contributed by atoms with Gasteiger partial charge in [-0.3, -0.25) is 0 Å². The fourth-order valence-corrected chi connectivity index (χ4v) is 4.91. The first kappa shape index (κ1) is 31.2. The minimum absolute atomic E-state index is 0.992. The van der Waals surface area contributed by atoms with Crippen molar-refractivity contribution in [2.45, 2.75) is 117 Å². The van der Waals surface area contributed by atoms with Crippen LogP contribution in [0.2, 0.25) is 11.8 Å². The van der Waals surface area contributed by atoms with Gasteiger partial charge in [0.05, 0.1) is 0 Å². The molecule has 0 atom stereocenters. The molecule has 0 amide bonds. The van der Waals surface area contributed by atoms with Crippen molar-refractivity contribution < 1.29 is 19.1 Å². The van der Waals surface area contributed by atoms with Gasteiger partial charge in [-0.25, -0.2) is 4.70 Å². The predicted molar refractivity (Wildman–Crippen MR) is 158 cm³/mol. The van der Waals surface area contributed by atoms with Gasteiger partial charge >= 0.3 is 26.2 Å². The average molecular weight is 545 g/mol. The summed E-state index contributed by atoms with van der Waals surface area (Å²) in [5.41, 5.74) is 21.3. The third-order valence-corrected chi connectivity index (χ3v) is 7.01. The second-order valence-electron chi connectivity index (χ2n) is 10.1. The molecular formula is C34H50N2Ni. The Kier molecular flexibility index (Phi) is 14.8. The van der Waals surface area contributed by atoms with E-state index in [0.29, 0.717) is 0 Å². The van der Waals surface area contributed by atoms with Crippen molar-refractivity contribution in [2.24, 2.45) is 0 Å². The molecule has 0 saturated heterocycles. The summed E-state index contributed by atoms with van der Waals surface area (Å²) in [6, 6.07) is 17.8. The molecule has 206 valence electrons. The average Bonchev–Trinajstić information content (AvgIpc) is 3.19. The quantitative estimate of drug-likeness (QED) is 0.167. The van der Waals surface area contributed by atoms with Crippen molar-refractivity contribution >= 4 is 11.4 Å². The molecule has 0 bridgehead atoms. The van der Waals surface area contributed by atoms with Gasteiger partial charge in [0.15, 0.2) is 0 Å². The number of hydrogen-bond acceptors (Lipinski definition) is 0. The maximum absolute atomic E-state index is 11.6. The SMILES string of the molecule is CCCCC1=C(c2ccc(CCCC)cc2)[N+](=[N-])C(c2ccc(CCCC)cc2)=C1CCCC.[CH3][Ni][CH3]. The third-order valence-electron chi connectivity index (χ3n) is 7.01. The van der Waals surface area contributed by atoms with E-state index in [2.05, 4.69) is 88.0 Å². The molecule has 3 rings (SSSR count). The van der Waals surface area contributed by atoms with E-state index in [1.165, 1.54) is 52.7 Å². The molecule has 2 nitrogen and oxygen atoms in total. The summed E-state index contributed by atoms with van der Waals surface area (Å²) in [5.74, 6) is 4.12. The summed E-state index contributed by atoms with van der Waals surface area (Å²) >= 11 is 1.62. The van der Waals surface area contributed by atoms with Crippen LogP contribution in [0, 0.1) is 0 Å². The van der Waals surface area contributed by atoms with Crippen LogP contribution in [0.3, 0.4) is 0 Å². The van der Waals surface area contributed by atoms with Crippen LogP contribution >= 0.6 is 0 Å². The predicted octanol–water partition coefficient (Wildman–Crippen LogP) is 11.1. The number of nitrogens with zero attached hydrogens (tertiary/aromatic N) is 2. The third kappa shape index (κ3) is 9.06. The number of benzene rings is 2. The molecule has 2 aromatic rings. The number of rotatable bonds is 14. The maximum atomic E-state index is 11.6. The van der Waals surface area contributed by atoms with Gasteiger partial charge in [-0.15, -0.1) is 0 Å². The zero-order valence-corrected chi connectivity index (χ0v) is 25.3. The molecule has 3 heteroatoms. The number of aryl methyl sites for hydroxylation is 2. The summed E-state index contributed by atoms with van der Waals surface area (Å²) in [7, 11) is 0. The van der Waals surface area contributed by atoms with Crippen LogP contribution in [0.5, 0.6) is 0 Å². The Hall–Kier alpha value is -1.99. The van der Waals surface area contributed by atoms with E-state index in [9.17, 15) is 5.53 Å². The van der Waals surface area contributed by atoms with Crippen LogP contribution in [0.1, 0.15) is 114 Å². The van der Waals surface area contributed by atoms with Crippen LogP contribution in [0.4, 0.5) is 0 Å². The van der Waals surface area contributed by atoms with Crippen molar-refractivity contribution in [3.63, 3.8) is 0 Å². The molecule has 0 unspecified atom stereocenters. The van der Waals surface area contributed by atoms with Crippen LogP contribution in [0.25, 0.3) is 16.9 Å².